The second-order valence-electron chi connectivity index (χ2n) is 7.60. The first-order valence-electron chi connectivity index (χ1n) is 10.9. The number of hydrogen-bond acceptors (Lipinski definition) is 8. The lowest BCUT2D eigenvalue weighted by Crippen LogP contribution is -2.32. The van der Waals surface area contributed by atoms with Crippen LogP contribution in [0.1, 0.15) is 6.92 Å². The molecule has 184 valence electrons. The molecule has 0 aliphatic rings. The number of amides is 1. The number of hydrogen-bond donors (Lipinski definition) is 4. The molecule has 0 aliphatic carbocycles. The monoisotopic (exact) mass is 491 g/mol. The first-order valence-corrected chi connectivity index (χ1v) is 10.9. The average Bonchev–Trinajstić information content (AvgIpc) is 2.87. The molecule has 36 heavy (non-hydrogen) atoms. The highest BCUT2D eigenvalue weighted by molar-refractivity contribution is 5.96. The van der Waals surface area contributed by atoms with Gasteiger partial charge in [0, 0.05) is 5.69 Å². The van der Waals surface area contributed by atoms with Gasteiger partial charge in [0.05, 0.1) is 18.5 Å². The highest BCUT2D eigenvalue weighted by Crippen LogP contribution is 2.22. The van der Waals surface area contributed by atoms with Crippen molar-refractivity contribution >= 4 is 40.8 Å². The zero-order valence-corrected chi connectivity index (χ0v) is 19.4. The van der Waals surface area contributed by atoms with Crippen molar-refractivity contribution in [2.45, 2.75) is 13.0 Å². The van der Waals surface area contributed by atoms with Crippen LogP contribution in [-0.4, -0.2) is 34.0 Å². The number of para-hydroxylation sites is 2. The van der Waals surface area contributed by atoms with Crippen molar-refractivity contribution in [3.63, 3.8) is 0 Å². The first kappa shape index (κ1) is 24.3. The van der Waals surface area contributed by atoms with Gasteiger partial charge >= 0.3 is 0 Å². The van der Waals surface area contributed by atoms with Gasteiger partial charge in [-0.2, -0.15) is 15.0 Å². The smallest absolute Gasteiger partial charge is 0.246 e. The number of nitrogens with zero attached hydrogens (tertiary/aromatic N) is 3. The summed E-state index contributed by atoms with van der Waals surface area (Å²) >= 11 is 0. The topological polar surface area (TPSA) is 113 Å². The fourth-order valence-electron chi connectivity index (χ4n) is 3.10. The standard InChI is InChI=1S/C25H23F2N7O2/c1-15(22(35)29-16-11-13-17(36-2)14-12-16)28-23-32-24(30-20-9-5-3-7-18(20)26)34-25(33-23)31-21-10-6-4-8-19(21)27/h3-15H,1-2H3,(H,29,35)(H3,28,30,31,32,33,34). The van der Waals surface area contributed by atoms with E-state index in [2.05, 4.69) is 36.2 Å². The molecule has 4 rings (SSSR count). The number of aromatic nitrogens is 3. The number of ether oxygens (including phenoxy) is 1. The Bertz CT molecular complexity index is 1290. The summed E-state index contributed by atoms with van der Waals surface area (Å²) in [5.41, 5.74) is 0.850. The van der Waals surface area contributed by atoms with Gasteiger partial charge in [-0.05, 0) is 55.5 Å². The SMILES string of the molecule is COc1ccc(NC(=O)C(C)Nc2nc(Nc3ccccc3F)nc(Nc3ccccc3F)n2)cc1. The van der Waals surface area contributed by atoms with Crippen LogP contribution in [0.5, 0.6) is 5.75 Å². The van der Waals surface area contributed by atoms with E-state index in [0.717, 1.165) is 0 Å². The van der Waals surface area contributed by atoms with E-state index in [4.69, 9.17) is 4.74 Å². The van der Waals surface area contributed by atoms with Gasteiger partial charge in [0.15, 0.2) is 0 Å². The van der Waals surface area contributed by atoms with Crippen LogP contribution < -0.4 is 26.0 Å². The summed E-state index contributed by atoms with van der Waals surface area (Å²) in [6, 6.07) is 18.1. The normalized spacial score (nSPS) is 11.3. The highest BCUT2D eigenvalue weighted by Gasteiger charge is 2.17. The minimum atomic E-state index is -0.767. The molecule has 3 aromatic carbocycles. The van der Waals surface area contributed by atoms with Gasteiger partial charge in [0.2, 0.25) is 23.8 Å². The number of rotatable bonds is 9. The van der Waals surface area contributed by atoms with Crippen LogP contribution in [0.2, 0.25) is 0 Å². The molecule has 0 saturated heterocycles. The van der Waals surface area contributed by atoms with Gasteiger partial charge < -0.3 is 26.0 Å². The van der Waals surface area contributed by atoms with E-state index in [-0.39, 0.29) is 35.1 Å². The van der Waals surface area contributed by atoms with Crippen LogP contribution in [0.25, 0.3) is 0 Å². The van der Waals surface area contributed by atoms with Gasteiger partial charge in [-0.15, -0.1) is 0 Å². The maximum absolute atomic E-state index is 14.2. The van der Waals surface area contributed by atoms with Gasteiger partial charge in [-0.3, -0.25) is 4.79 Å². The number of methoxy groups -OCH3 is 1. The largest absolute Gasteiger partial charge is 0.497 e. The molecule has 0 bridgehead atoms. The molecule has 0 aliphatic heterocycles. The van der Waals surface area contributed by atoms with Crippen LogP contribution in [-0.2, 0) is 4.79 Å². The van der Waals surface area contributed by atoms with Crippen molar-refractivity contribution in [1.29, 1.82) is 0 Å². The van der Waals surface area contributed by atoms with Crippen molar-refractivity contribution in [3.05, 3.63) is 84.4 Å². The Morgan fingerprint density at radius 3 is 1.78 bits per heavy atom. The van der Waals surface area contributed by atoms with Crippen LogP contribution in [0.3, 0.4) is 0 Å². The maximum atomic E-state index is 14.2. The summed E-state index contributed by atoms with van der Waals surface area (Å²) in [7, 11) is 1.55. The van der Waals surface area contributed by atoms with Crippen molar-refractivity contribution in [2.75, 3.05) is 28.4 Å². The third-order valence-corrected chi connectivity index (χ3v) is 4.97. The van der Waals surface area contributed by atoms with Gasteiger partial charge in [-0.25, -0.2) is 8.78 Å². The van der Waals surface area contributed by atoms with Crippen LogP contribution in [0, 0.1) is 11.6 Å². The Kier molecular flexibility index (Phi) is 7.49. The average molecular weight is 492 g/mol. The molecule has 0 radical (unpaired) electrons. The molecule has 1 aromatic heterocycles. The molecular formula is C25H23F2N7O2. The number of carbonyl (C=O) groups excluding carboxylic acids is 1. The third-order valence-electron chi connectivity index (χ3n) is 4.97. The van der Waals surface area contributed by atoms with E-state index in [0.29, 0.717) is 11.4 Å². The van der Waals surface area contributed by atoms with E-state index in [1.54, 1.807) is 62.6 Å². The first-order chi connectivity index (χ1) is 17.4. The molecule has 0 saturated carbocycles. The van der Waals surface area contributed by atoms with Crippen molar-refractivity contribution in [2.24, 2.45) is 0 Å². The zero-order valence-electron chi connectivity index (χ0n) is 19.4. The van der Waals surface area contributed by atoms with Crippen LogP contribution in [0.15, 0.2) is 72.8 Å². The lowest BCUT2D eigenvalue weighted by Gasteiger charge is -2.16. The minimum Gasteiger partial charge on any atom is -0.497 e. The zero-order chi connectivity index (χ0) is 25.5. The van der Waals surface area contributed by atoms with E-state index in [9.17, 15) is 13.6 Å². The fraction of sp³-hybridized carbons (Fsp3) is 0.120. The van der Waals surface area contributed by atoms with Crippen LogP contribution in [0.4, 0.5) is 43.7 Å². The van der Waals surface area contributed by atoms with Gasteiger partial charge in [0.25, 0.3) is 0 Å². The van der Waals surface area contributed by atoms with Crippen molar-refractivity contribution < 1.29 is 18.3 Å². The summed E-state index contributed by atoms with van der Waals surface area (Å²) in [6.07, 6.45) is 0. The minimum absolute atomic E-state index is 0.0139. The molecule has 0 fully saturated rings. The lowest BCUT2D eigenvalue weighted by molar-refractivity contribution is -0.116. The van der Waals surface area contributed by atoms with E-state index >= 15 is 0 Å². The number of carbonyl (C=O) groups is 1. The van der Waals surface area contributed by atoms with Crippen molar-refractivity contribution in [1.82, 2.24) is 15.0 Å². The molecule has 9 nitrogen and oxygen atoms in total. The molecule has 11 heteroatoms. The Labute approximate surface area is 206 Å². The summed E-state index contributed by atoms with van der Waals surface area (Å²) in [5, 5.41) is 11.2. The van der Waals surface area contributed by atoms with E-state index in [1.165, 1.54) is 24.3 Å². The second kappa shape index (κ2) is 11.1. The second-order valence-corrected chi connectivity index (χ2v) is 7.60. The Balaban J connectivity index is 1.56. The molecule has 1 unspecified atom stereocenters. The maximum Gasteiger partial charge on any atom is 0.246 e. The predicted molar refractivity (Wildman–Crippen MR) is 134 cm³/mol. The number of anilines is 6. The summed E-state index contributed by atoms with van der Waals surface area (Å²) in [6.45, 7) is 1.62. The summed E-state index contributed by atoms with van der Waals surface area (Å²) < 4.78 is 33.5. The molecular weight excluding hydrogens is 468 g/mol. The molecule has 1 atom stereocenters. The lowest BCUT2D eigenvalue weighted by atomic mass is 10.2. The molecule has 1 heterocycles. The molecule has 1 amide bonds. The Morgan fingerprint density at radius 1 is 0.778 bits per heavy atom. The van der Waals surface area contributed by atoms with Gasteiger partial charge in [-0.1, -0.05) is 24.3 Å². The fourth-order valence-corrected chi connectivity index (χ4v) is 3.10. The highest BCUT2D eigenvalue weighted by atomic mass is 19.1. The van der Waals surface area contributed by atoms with Crippen LogP contribution >= 0.6 is 0 Å². The van der Waals surface area contributed by atoms with Crippen molar-refractivity contribution in [3.8, 4) is 5.75 Å². The Hall–Kier alpha value is -4.80. The number of nitrogens with one attached hydrogen (secondary N) is 4. The van der Waals surface area contributed by atoms with E-state index in [1.807, 2.05) is 0 Å². The quantitative estimate of drug-likeness (QED) is 0.256. The summed E-state index contributed by atoms with van der Waals surface area (Å²) in [5.74, 6) is -0.730. The Morgan fingerprint density at radius 2 is 1.28 bits per heavy atom. The summed E-state index contributed by atoms with van der Waals surface area (Å²) in [4.78, 5) is 25.4. The number of benzene rings is 3. The molecule has 4 aromatic rings. The number of halogens is 2. The third kappa shape index (κ3) is 6.20. The molecule has 4 N–H and O–H groups in total. The molecule has 0 spiro atoms. The van der Waals surface area contributed by atoms with E-state index < -0.39 is 17.7 Å². The predicted octanol–water partition coefficient (Wildman–Crippen LogP) is 5.08. The van der Waals surface area contributed by atoms with Gasteiger partial charge in [0.1, 0.15) is 23.4 Å².